The largest absolute Gasteiger partial charge is 0.481 e. The lowest BCUT2D eigenvalue weighted by atomic mass is 10.3. The molecule has 0 fully saturated rings. The molecule has 2 aromatic rings. The highest BCUT2D eigenvalue weighted by atomic mass is 16.4. The van der Waals surface area contributed by atoms with Crippen molar-refractivity contribution in [3.63, 3.8) is 0 Å². The Hall–Kier alpha value is -2.17. The van der Waals surface area contributed by atoms with Crippen LogP contribution in [0.3, 0.4) is 0 Å². The second kappa shape index (κ2) is 4.37. The monoisotopic (exact) mass is 232 g/mol. The minimum absolute atomic E-state index is 0.144. The van der Waals surface area contributed by atoms with E-state index in [-0.39, 0.29) is 18.2 Å². The van der Waals surface area contributed by atoms with Crippen molar-refractivity contribution in [1.29, 1.82) is 0 Å². The first-order valence-electron chi connectivity index (χ1n) is 5.35. The predicted octanol–water partition coefficient (Wildman–Crippen LogP) is 1.71. The summed E-state index contributed by atoms with van der Waals surface area (Å²) in [6.45, 7) is 1.74. The van der Waals surface area contributed by atoms with E-state index in [4.69, 9.17) is 5.11 Å². The van der Waals surface area contributed by atoms with Crippen LogP contribution in [0, 0.1) is 0 Å². The van der Waals surface area contributed by atoms with Crippen molar-refractivity contribution < 1.29 is 14.7 Å². The summed E-state index contributed by atoms with van der Waals surface area (Å²) in [5.74, 6) is -0.856. The number of rotatable bonds is 3. The average Bonchev–Trinajstić information content (AvgIpc) is 2.65. The Morgan fingerprint density at radius 2 is 2.06 bits per heavy atom. The molecule has 0 aliphatic heterocycles. The van der Waals surface area contributed by atoms with Crippen molar-refractivity contribution in [1.82, 2.24) is 9.55 Å². The summed E-state index contributed by atoms with van der Waals surface area (Å²) >= 11 is 0. The Labute approximate surface area is 97.7 Å². The number of carbonyl (C=O) groups is 2. The van der Waals surface area contributed by atoms with E-state index in [0.717, 1.165) is 0 Å². The number of imidazole rings is 1. The third-order valence-corrected chi connectivity index (χ3v) is 2.49. The summed E-state index contributed by atoms with van der Waals surface area (Å²) in [6.07, 6.45) is 0.0629. The number of fused-ring (bicyclic) bond motifs is 1. The average molecular weight is 232 g/mol. The minimum Gasteiger partial charge on any atom is -0.481 e. The number of carboxylic acids is 1. The molecule has 0 spiro atoms. The molecular weight excluding hydrogens is 220 g/mol. The molecule has 5 nitrogen and oxygen atoms in total. The van der Waals surface area contributed by atoms with Crippen molar-refractivity contribution in [2.45, 2.75) is 19.8 Å². The topological polar surface area (TPSA) is 72.2 Å². The zero-order valence-corrected chi connectivity index (χ0v) is 9.38. The number of hydrogen-bond acceptors (Lipinski definition) is 3. The van der Waals surface area contributed by atoms with Crippen LogP contribution < -0.4 is 0 Å². The maximum absolute atomic E-state index is 11.8. The van der Waals surface area contributed by atoms with Gasteiger partial charge in [-0.2, -0.15) is 0 Å². The van der Waals surface area contributed by atoms with Gasteiger partial charge in [0.25, 0.3) is 0 Å². The molecule has 0 bridgehead atoms. The summed E-state index contributed by atoms with van der Waals surface area (Å²) in [5, 5.41) is 8.81. The molecule has 17 heavy (non-hydrogen) atoms. The number of aliphatic carboxylic acids is 1. The number of aromatic nitrogens is 2. The van der Waals surface area contributed by atoms with Gasteiger partial charge in [0.2, 0.25) is 5.91 Å². The van der Waals surface area contributed by atoms with E-state index in [0.29, 0.717) is 17.5 Å². The molecule has 0 amide bonds. The van der Waals surface area contributed by atoms with Gasteiger partial charge in [-0.15, -0.1) is 0 Å². The highest BCUT2D eigenvalue weighted by molar-refractivity contribution is 5.91. The van der Waals surface area contributed by atoms with Gasteiger partial charge in [0.1, 0.15) is 12.2 Å². The minimum atomic E-state index is -0.995. The molecular formula is C12H12N2O3. The van der Waals surface area contributed by atoms with Crippen molar-refractivity contribution in [3.05, 3.63) is 30.1 Å². The molecule has 0 aliphatic rings. The summed E-state index contributed by atoms with van der Waals surface area (Å²) in [7, 11) is 0. The van der Waals surface area contributed by atoms with Gasteiger partial charge < -0.3 is 5.11 Å². The zero-order chi connectivity index (χ0) is 12.4. The number of carboxylic acid groups (broad SMARTS) is 1. The molecule has 0 atom stereocenters. The first-order chi connectivity index (χ1) is 8.13. The van der Waals surface area contributed by atoms with Gasteiger partial charge in [0.05, 0.1) is 11.0 Å². The van der Waals surface area contributed by atoms with Crippen LogP contribution in [0.4, 0.5) is 0 Å². The van der Waals surface area contributed by atoms with Gasteiger partial charge in [0.15, 0.2) is 0 Å². The van der Waals surface area contributed by atoms with Crippen LogP contribution in [0.25, 0.3) is 11.0 Å². The summed E-state index contributed by atoms with van der Waals surface area (Å²) in [5.41, 5.74) is 1.31. The summed E-state index contributed by atoms with van der Waals surface area (Å²) in [6, 6.07) is 7.13. The van der Waals surface area contributed by atoms with E-state index in [1.54, 1.807) is 31.2 Å². The molecule has 0 saturated carbocycles. The first kappa shape index (κ1) is 11.3. The smallest absolute Gasteiger partial charge is 0.311 e. The van der Waals surface area contributed by atoms with E-state index in [2.05, 4.69) is 4.98 Å². The van der Waals surface area contributed by atoms with Gasteiger partial charge in [-0.25, -0.2) is 4.98 Å². The van der Waals surface area contributed by atoms with E-state index in [1.807, 2.05) is 0 Å². The quantitative estimate of drug-likeness (QED) is 0.874. The van der Waals surface area contributed by atoms with Gasteiger partial charge in [-0.3, -0.25) is 14.2 Å². The van der Waals surface area contributed by atoms with Crippen molar-refractivity contribution >= 4 is 22.9 Å². The number of nitrogens with zero attached hydrogens (tertiary/aromatic N) is 2. The SMILES string of the molecule is CCC(=O)n1c(CC(=O)O)nc2ccccc21. The molecule has 1 heterocycles. The van der Waals surface area contributed by atoms with Crippen LogP contribution in [0.15, 0.2) is 24.3 Å². The summed E-state index contributed by atoms with van der Waals surface area (Å²) in [4.78, 5) is 26.7. The van der Waals surface area contributed by atoms with Gasteiger partial charge in [-0.1, -0.05) is 19.1 Å². The van der Waals surface area contributed by atoms with Crippen LogP contribution in [0.1, 0.15) is 24.0 Å². The highest BCUT2D eigenvalue weighted by Crippen LogP contribution is 2.17. The Morgan fingerprint density at radius 3 is 2.71 bits per heavy atom. The predicted molar refractivity (Wildman–Crippen MR) is 62.0 cm³/mol. The van der Waals surface area contributed by atoms with Crippen molar-refractivity contribution in [3.8, 4) is 0 Å². The molecule has 0 unspecified atom stereocenters. The lowest BCUT2D eigenvalue weighted by molar-refractivity contribution is -0.136. The van der Waals surface area contributed by atoms with E-state index >= 15 is 0 Å². The van der Waals surface area contributed by atoms with E-state index < -0.39 is 5.97 Å². The van der Waals surface area contributed by atoms with E-state index in [1.165, 1.54) is 4.57 Å². The molecule has 0 radical (unpaired) electrons. The van der Waals surface area contributed by atoms with Crippen LogP contribution in [0.2, 0.25) is 0 Å². The van der Waals surface area contributed by atoms with Gasteiger partial charge >= 0.3 is 5.97 Å². The number of hydrogen-bond donors (Lipinski definition) is 1. The fourth-order valence-electron chi connectivity index (χ4n) is 1.77. The molecule has 2 rings (SSSR count). The van der Waals surface area contributed by atoms with E-state index in [9.17, 15) is 9.59 Å². The number of benzene rings is 1. The second-order valence-corrected chi connectivity index (χ2v) is 3.67. The fourth-order valence-corrected chi connectivity index (χ4v) is 1.77. The Kier molecular flexibility index (Phi) is 2.91. The number of para-hydroxylation sites is 2. The van der Waals surface area contributed by atoms with Crippen LogP contribution in [0.5, 0.6) is 0 Å². The molecule has 1 N–H and O–H groups in total. The fraction of sp³-hybridized carbons (Fsp3) is 0.250. The lowest BCUT2D eigenvalue weighted by Gasteiger charge is -2.04. The molecule has 0 saturated heterocycles. The number of carbonyl (C=O) groups excluding carboxylic acids is 1. The third kappa shape index (κ3) is 2.04. The van der Waals surface area contributed by atoms with Crippen LogP contribution in [-0.4, -0.2) is 26.5 Å². The normalized spacial score (nSPS) is 10.6. The Balaban J connectivity index is 2.64. The van der Waals surface area contributed by atoms with Gasteiger partial charge in [-0.05, 0) is 12.1 Å². The van der Waals surface area contributed by atoms with Crippen LogP contribution in [-0.2, 0) is 11.2 Å². The first-order valence-corrected chi connectivity index (χ1v) is 5.35. The maximum atomic E-state index is 11.8. The molecule has 1 aromatic carbocycles. The zero-order valence-electron chi connectivity index (χ0n) is 9.38. The Morgan fingerprint density at radius 1 is 1.35 bits per heavy atom. The van der Waals surface area contributed by atoms with Crippen LogP contribution >= 0.6 is 0 Å². The van der Waals surface area contributed by atoms with Crippen molar-refractivity contribution in [2.24, 2.45) is 0 Å². The molecule has 5 heteroatoms. The molecule has 88 valence electrons. The second-order valence-electron chi connectivity index (χ2n) is 3.67. The summed E-state index contributed by atoms with van der Waals surface area (Å²) < 4.78 is 1.39. The third-order valence-electron chi connectivity index (χ3n) is 2.49. The standard InChI is InChI=1S/C12H12N2O3/c1-2-11(15)14-9-6-4-3-5-8(9)13-10(14)7-12(16)17/h3-6H,2,7H2,1H3,(H,16,17). The Bertz CT molecular complexity index is 586. The van der Waals surface area contributed by atoms with Gasteiger partial charge in [0, 0.05) is 6.42 Å². The van der Waals surface area contributed by atoms with Crippen molar-refractivity contribution in [2.75, 3.05) is 0 Å². The molecule has 1 aromatic heterocycles. The highest BCUT2D eigenvalue weighted by Gasteiger charge is 2.17. The maximum Gasteiger partial charge on any atom is 0.311 e. The molecule has 0 aliphatic carbocycles. The lowest BCUT2D eigenvalue weighted by Crippen LogP contribution is -2.15.